The lowest BCUT2D eigenvalue weighted by molar-refractivity contribution is -0.0733. The van der Waals surface area contributed by atoms with Crippen LogP contribution in [0.5, 0.6) is 0 Å². The van der Waals surface area contributed by atoms with E-state index in [1.165, 1.54) is 11.3 Å². The number of nitrogens with zero attached hydrogens (tertiary/aromatic N) is 1. The van der Waals surface area contributed by atoms with Gasteiger partial charge in [0, 0.05) is 50.2 Å². The highest BCUT2D eigenvalue weighted by Crippen LogP contribution is 2.26. The fraction of sp³-hybridized carbons (Fsp3) is 0.615. The summed E-state index contributed by atoms with van der Waals surface area (Å²) in [6, 6.07) is 1.70. The van der Waals surface area contributed by atoms with Gasteiger partial charge in [-0.15, -0.1) is 11.3 Å². The summed E-state index contributed by atoms with van der Waals surface area (Å²) in [5.41, 5.74) is 5.57. The molecule has 1 saturated heterocycles. The van der Waals surface area contributed by atoms with E-state index < -0.39 is 5.60 Å². The number of nitrogen functional groups attached to an aromatic ring is 1. The largest absolute Gasteiger partial charge is 0.398 e. The number of hydrogen-bond donors (Lipinski definition) is 2. The Morgan fingerprint density at radius 2 is 2.21 bits per heavy atom. The fourth-order valence-corrected chi connectivity index (χ4v) is 3.15. The van der Waals surface area contributed by atoms with Crippen molar-refractivity contribution in [2.75, 3.05) is 32.5 Å². The van der Waals surface area contributed by atoms with Crippen LogP contribution < -0.4 is 5.73 Å². The molecule has 6 heteroatoms. The van der Waals surface area contributed by atoms with Crippen molar-refractivity contribution in [1.29, 1.82) is 0 Å². The molecule has 1 amide bonds. The zero-order chi connectivity index (χ0) is 14.0. The van der Waals surface area contributed by atoms with Gasteiger partial charge in [-0.3, -0.25) is 4.79 Å². The van der Waals surface area contributed by atoms with Gasteiger partial charge in [-0.25, -0.2) is 0 Å². The highest BCUT2D eigenvalue weighted by molar-refractivity contribution is 7.14. The summed E-state index contributed by atoms with van der Waals surface area (Å²) in [5, 5.41) is 10.4. The molecule has 0 aromatic carbocycles. The molecule has 0 unspecified atom stereocenters. The average Bonchev–Trinajstić information content (AvgIpc) is 2.69. The van der Waals surface area contributed by atoms with Crippen molar-refractivity contribution < 1.29 is 14.6 Å². The zero-order valence-corrected chi connectivity index (χ0v) is 12.1. The molecule has 0 saturated carbocycles. The van der Waals surface area contributed by atoms with Gasteiger partial charge < -0.3 is 20.5 Å². The standard InChI is InChI=1S/C13H20N2O3S/c1-9-10(14)7-11(19-9)12(16)15(2)8-13(17)3-5-18-6-4-13/h7,17H,3-6,8,14H2,1-2H3. The maximum absolute atomic E-state index is 12.3. The van der Waals surface area contributed by atoms with Crippen LogP contribution in [0.3, 0.4) is 0 Å². The molecule has 3 N–H and O–H groups in total. The third-order valence-corrected chi connectivity index (χ3v) is 4.52. The number of aliphatic hydroxyl groups is 1. The van der Waals surface area contributed by atoms with E-state index in [-0.39, 0.29) is 5.91 Å². The molecule has 2 rings (SSSR count). The van der Waals surface area contributed by atoms with Gasteiger partial charge in [-0.2, -0.15) is 0 Å². The Morgan fingerprint density at radius 1 is 1.58 bits per heavy atom. The molecule has 1 aromatic heterocycles. The zero-order valence-electron chi connectivity index (χ0n) is 11.3. The first-order valence-electron chi connectivity index (χ1n) is 6.33. The molecule has 0 spiro atoms. The number of hydrogen-bond acceptors (Lipinski definition) is 5. The second-order valence-corrected chi connectivity index (χ2v) is 6.38. The van der Waals surface area contributed by atoms with Crippen LogP contribution in [0.15, 0.2) is 6.07 Å². The molecule has 1 fully saturated rings. The van der Waals surface area contributed by atoms with Crippen molar-refractivity contribution in [3.8, 4) is 0 Å². The first kappa shape index (κ1) is 14.3. The lowest BCUT2D eigenvalue weighted by Gasteiger charge is -2.35. The molecule has 2 heterocycles. The molecule has 0 bridgehead atoms. The Labute approximate surface area is 117 Å². The highest BCUT2D eigenvalue weighted by atomic mass is 32.1. The molecule has 5 nitrogen and oxygen atoms in total. The second-order valence-electron chi connectivity index (χ2n) is 5.12. The van der Waals surface area contributed by atoms with E-state index in [2.05, 4.69) is 0 Å². The van der Waals surface area contributed by atoms with Crippen LogP contribution in [0.1, 0.15) is 27.4 Å². The summed E-state index contributed by atoms with van der Waals surface area (Å²) >= 11 is 1.39. The number of ether oxygens (including phenoxy) is 1. The van der Waals surface area contributed by atoms with Gasteiger partial charge in [0.1, 0.15) is 0 Å². The van der Waals surface area contributed by atoms with E-state index in [1.54, 1.807) is 18.0 Å². The average molecular weight is 284 g/mol. The van der Waals surface area contributed by atoms with E-state index in [0.29, 0.717) is 43.2 Å². The number of carbonyl (C=O) groups excluding carboxylic acids is 1. The molecule has 1 aromatic rings. The number of rotatable bonds is 3. The maximum atomic E-state index is 12.3. The van der Waals surface area contributed by atoms with E-state index >= 15 is 0 Å². The summed E-state index contributed by atoms with van der Waals surface area (Å²) in [6.45, 7) is 3.31. The van der Waals surface area contributed by atoms with Crippen LogP contribution >= 0.6 is 11.3 Å². The predicted octanol–water partition coefficient (Wildman–Crippen LogP) is 1.25. The Kier molecular flexibility index (Phi) is 4.13. The van der Waals surface area contributed by atoms with Gasteiger partial charge in [0.05, 0.1) is 10.5 Å². The summed E-state index contributed by atoms with van der Waals surface area (Å²) in [7, 11) is 1.71. The van der Waals surface area contributed by atoms with Crippen LogP contribution in [-0.4, -0.2) is 48.3 Å². The molecular weight excluding hydrogens is 264 g/mol. The van der Waals surface area contributed by atoms with Crippen molar-refractivity contribution in [2.24, 2.45) is 0 Å². The van der Waals surface area contributed by atoms with Gasteiger partial charge in [-0.1, -0.05) is 0 Å². The molecule has 0 radical (unpaired) electrons. The highest BCUT2D eigenvalue weighted by Gasteiger charge is 2.32. The van der Waals surface area contributed by atoms with Gasteiger partial charge in [0.15, 0.2) is 0 Å². The smallest absolute Gasteiger partial charge is 0.263 e. The van der Waals surface area contributed by atoms with Gasteiger partial charge >= 0.3 is 0 Å². The number of likely N-dealkylation sites (N-methyl/N-ethyl adjacent to an activating group) is 1. The van der Waals surface area contributed by atoms with Crippen LogP contribution in [0.25, 0.3) is 0 Å². The van der Waals surface area contributed by atoms with Crippen LogP contribution in [0.2, 0.25) is 0 Å². The summed E-state index contributed by atoms with van der Waals surface area (Å²) in [5.74, 6) is -0.0929. The van der Waals surface area contributed by atoms with Crippen molar-refractivity contribution in [3.05, 3.63) is 15.8 Å². The molecule has 0 aliphatic carbocycles. The number of nitrogens with two attached hydrogens (primary N) is 1. The molecule has 1 aliphatic heterocycles. The lowest BCUT2D eigenvalue weighted by atomic mass is 9.94. The van der Waals surface area contributed by atoms with Crippen molar-refractivity contribution >= 4 is 22.9 Å². The minimum atomic E-state index is -0.833. The second kappa shape index (κ2) is 5.48. The number of amides is 1. The Balaban J connectivity index is 2.02. The molecular formula is C13H20N2O3S. The topological polar surface area (TPSA) is 75.8 Å². The van der Waals surface area contributed by atoms with Gasteiger partial charge in [0.25, 0.3) is 5.91 Å². The molecule has 1 aliphatic rings. The van der Waals surface area contributed by atoms with Gasteiger partial charge in [0.2, 0.25) is 0 Å². The maximum Gasteiger partial charge on any atom is 0.263 e. The summed E-state index contributed by atoms with van der Waals surface area (Å²) in [4.78, 5) is 15.4. The predicted molar refractivity (Wildman–Crippen MR) is 75.4 cm³/mol. The lowest BCUT2D eigenvalue weighted by Crippen LogP contribution is -2.47. The third-order valence-electron chi connectivity index (χ3n) is 3.47. The third kappa shape index (κ3) is 3.26. The Hall–Kier alpha value is -1.11. The molecule has 0 atom stereocenters. The monoisotopic (exact) mass is 284 g/mol. The molecule has 19 heavy (non-hydrogen) atoms. The first-order chi connectivity index (χ1) is 8.91. The number of thiophene rings is 1. The summed E-state index contributed by atoms with van der Waals surface area (Å²) < 4.78 is 5.23. The van der Waals surface area contributed by atoms with E-state index in [4.69, 9.17) is 10.5 Å². The van der Waals surface area contributed by atoms with Crippen molar-refractivity contribution in [2.45, 2.75) is 25.4 Å². The Morgan fingerprint density at radius 3 is 2.74 bits per heavy atom. The van der Waals surface area contributed by atoms with Crippen molar-refractivity contribution in [3.63, 3.8) is 0 Å². The number of aryl methyl sites for hydroxylation is 1. The molecule has 106 valence electrons. The quantitative estimate of drug-likeness (QED) is 0.876. The van der Waals surface area contributed by atoms with E-state index in [9.17, 15) is 9.90 Å². The summed E-state index contributed by atoms with van der Waals surface area (Å²) in [6.07, 6.45) is 1.13. The SMILES string of the molecule is Cc1sc(C(=O)N(C)CC2(O)CCOCC2)cc1N. The van der Waals surface area contributed by atoms with E-state index in [1.807, 2.05) is 6.92 Å². The number of anilines is 1. The number of carbonyl (C=O) groups is 1. The van der Waals surface area contributed by atoms with Gasteiger partial charge in [-0.05, 0) is 13.0 Å². The first-order valence-corrected chi connectivity index (χ1v) is 7.14. The van der Waals surface area contributed by atoms with E-state index in [0.717, 1.165) is 4.88 Å². The van der Waals surface area contributed by atoms with Crippen molar-refractivity contribution in [1.82, 2.24) is 4.90 Å². The normalized spacial score (nSPS) is 18.3. The fourth-order valence-electron chi connectivity index (χ4n) is 2.21. The van der Waals surface area contributed by atoms with Crippen LogP contribution in [0.4, 0.5) is 5.69 Å². The minimum absolute atomic E-state index is 0.0929. The minimum Gasteiger partial charge on any atom is -0.398 e. The van der Waals surface area contributed by atoms with Crippen LogP contribution in [-0.2, 0) is 4.74 Å². The Bertz CT molecular complexity index is 447. The van der Waals surface area contributed by atoms with Crippen LogP contribution in [0, 0.1) is 6.92 Å².